The predicted octanol–water partition coefficient (Wildman–Crippen LogP) is 5.94. The molecule has 0 spiro atoms. The Morgan fingerprint density at radius 1 is 0.948 bits per heavy atom. The maximum Gasteiger partial charge on any atom is 0.162 e. The van der Waals surface area contributed by atoms with Gasteiger partial charge in [0, 0.05) is 29.8 Å². The van der Waals surface area contributed by atoms with Crippen LogP contribution in [0.5, 0.6) is 0 Å². The van der Waals surface area contributed by atoms with E-state index in [9.17, 15) is 25.2 Å². The summed E-state index contributed by atoms with van der Waals surface area (Å²) in [7, 11) is 0. The summed E-state index contributed by atoms with van der Waals surface area (Å²) in [6, 6.07) is 0. The van der Waals surface area contributed by atoms with Gasteiger partial charge in [-0.05, 0) is 148 Å². The van der Waals surface area contributed by atoms with Crippen LogP contribution in [-0.4, -0.2) is 87.2 Å². The van der Waals surface area contributed by atoms with E-state index in [0.717, 1.165) is 101 Å². The second kappa shape index (κ2) is 15.1. The fourth-order valence-electron chi connectivity index (χ4n) is 16.4. The van der Waals surface area contributed by atoms with Crippen LogP contribution >= 0.6 is 0 Å². The van der Waals surface area contributed by atoms with Crippen LogP contribution in [0.1, 0.15) is 163 Å². The molecule has 0 aromatic heterocycles. The van der Waals surface area contributed by atoms with E-state index >= 15 is 0 Å². The predicted molar refractivity (Wildman–Crippen MR) is 223 cm³/mol. The number of nitrogens with two attached hydrogens (primary N) is 2. The molecule has 17 atom stereocenters. The minimum Gasteiger partial charge on any atom is -0.396 e. The molecule has 9 rings (SSSR count). The van der Waals surface area contributed by atoms with E-state index in [-0.39, 0.29) is 53.7 Å². The largest absolute Gasteiger partial charge is 0.396 e. The molecule has 3 aliphatic heterocycles. The van der Waals surface area contributed by atoms with Crippen molar-refractivity contribution in [2.24, 2.45) is 69.3 Å². The topological polar surface area (TPSA) is 162 Å². The van der Waals surface area contributed by atoms with Crippen molar-refractivity contribution in [2.45, 2.75) is 204 Å². The van der Waals surface area contributed by atoms with E-state index in [1.54, 1.807) is 0 Å². The first-order chi connectivity index (χ1) is 27.5. The maximum atomic E-state index is 14.8. The molecule has 6 aliphatic carbocycles. The lowest BCUT2D eigenvalue weighted by Crippen LogP contribution is -2.94. The van der Waals surface area contributed by atoms with Gasteiger partial charge in [-0.25, -0.2) is 0 Å². The number of rotatable bonds is 11. The number of epoxide rings is 1. The van der Waals surface area contributed by atoms with Gasteiger partial charge in [-0.3, -0.25) is 10.5 Å². The number of hydrogen-bond acceptors (Lipinski definition) is 8. The van der Waals surface area contributed by atoms with E-state index < -0.39 is 39.8 Å². The molecule has 328 valence electrons. The van der Waals surface area contributed by atoms with Gasteiger partial charge in [0.25, 0.3) is 0 Å². The number of ether oxygens (including phenoxy) is 2. The lowest BCUT2D eigenvalue weighted by molar-refractivity contribution is -0.699. The monoisotopic (exact) mass is 810 g/mol. The van der Waals surface area contributed by atoms with Gasteiger partial charge in [0.05, 0.1) is 30.5 Å². The maximum absolute atomic E-state index is 14.8. The molecule has 4 saturated carbocycles. The summed E-state index contributed by atoms with van der Waals surface area (Å²) in [5.74, 6) is 2.18. The van der Waals surface area contributed by atoms with Crippen LogP contribution in [0, 0.1) is 63.6 Å². The highest BCUT2D eigenvalue weighted by Crippen LogP contribution is 2.76. The Morgan fingerprint density at radius 3 is 2.45 bits per heavy atom. The number of carbonyl (C=O) groups excluding carboxylic acids is 1. The number of ketones is 1. The fourth-order valence-corrected chi connectivity index (χ4v) is 16.4. The number of aliphatic hydroxyl groups excluding tert-OH is 2. The molecule has 3 unspecified atom stereocenters. The molecule has 0 aromatic rings. The summed E-state index contributed by atoms with van der Waals surface area (Å²) in [5, 5.41) is 51.0. The number of allylic oxidation sites excluding steroid dienone is 1. The smallest absolute Gasteiger partial charge is 0.162 e. The summed E-state index contributed by atoms with van der Waals surface area (Å²) in [6.45, 7) is 12.5. The number of hydrogen-bond donors (Lipinski definition) is 6. The first kappa shape index (κ1) is 42.4. The minimum absolute atomic E-state index is 0.0114. The van der Waals surface area contributed by atoms with Gasteiger partial charge in [-0.15, -0.1) is 0 Å². The molecule has 9 nitrogen and oxygen atoms in total. The lowest BCUT2D eigenvalue weighted by atomic mass is 9.40. The number of Topliss-reactive ketones (excluding diaryl/α,β-unsaturated/α-hetero) is 1. The Balaban J connectivity index is 1.09. The molecule has 3 heterocycles. The highest BCUT2D eigenvalue weighted by atomic mass is 16.6. The Kier molecular flexibility index (Phi) is 11.1. The Bertz CT molecular complexity index is 1600. The molecule has 0 radical (unpaired) electrons. The van der Waals surface area contributed by atoms with Crippen molar-refractivity contribution in [3.63, 3.8) is 0 Å². The Morgan fingerprint density at radius 2 is 1.72 bits per heavy atom. The van der Waals surface area contributed by atoms with Crippen LogP contribution in [0.4, 0.5) is 0 Å². The van der Waals surface area contributed by atoms with E-state index in [0.29, 0.717) is 37.2 Å². The van der Waals surface area contributed by atoms with Crippen LogP contribution < -0.4 is 11.1 Å². The normalized spacial score (nSPS) is 50.1. The zero-order chi connectivity index (χ0) is 41.0. The molecule has 0 amide bonds. The molecule has 9 heteroatoms. The molecule has 7 fully saturated rings. The summed E-state index contributed by atoms with van der Waals surface area (Å²) in [6.07, 6.45) is 18.6. The third-order valence-corrected chi connectivity index (χ3v) is 20.1. The number of carbonyl (C=O) groups is 1. The van der Waals surface area contributed by atoms with Crippen molar-refractivity contribution in [2.75, 3.05) is 19.8 Å². The molecule has 58 heavy (non-hydrogen) atoms. The van der Waals surface area contributed by atoms with E-state index in [4.69, 9.17) is 15.2 Å². The quantitative estimate of drug-likeness (QED) is 0.140. The summed E-state index contributed by atoms with van der Waals surface area (Å²) < 4.78 is 14.1. The van der Waals surface area contributed by atoms with Crippen molar-refractivity contribution < 1.29 is 40.0 Å². The molecule has 3 saturated heterocycles. The van der Waals surface area contributed by atoms with Gasteiger partial charge in [0.2, 0.25) is 0 Å². The van der Waals surface area contributed by atoms with Crippen LogP contribution in [0.25, 0.3) is 0 Å². The Labute approximate surface area is 349 Å². The number of fused-ring (bicyclic) bond motifs is 2. The number of quaternary nitrogens is 1. The molecule has 9 aliphatic rings. The van der Waals surface area contributed by atoms with Crippen molar-refractivity contribution in [1.82, 2.24) is 0 Å². The van der Waals surface area contributed by atoms with Crippen molar-refractivity contribution in [3.8, 4) is 0 Å². The van der Waals surface area contributed by atoms with Crippen molar-refractivity contribution >= 4 is 5.78 Å². The van der Waals surface area contributed by atoms with Crippen molar-refractivity contribution in [3.05, 3.63) is 11.1 Å². The van der Waals surface area contributed by atoms with Gasteiger partial charge in [-0.2, -0.15) is 0 Å². The molecule has 0 aromatic carbocycles. The summed E-state index contributed by atoms with van der Waals surface area (Å²) in [5.41, 5.74) is 3.67. The minimum atomic E-state index is -1.30. The SMILES string of the molecule is C[C@@H]1CCO[C@@]([C@@H]2O[C@@H]2[C@](C)(O)[C@](C)(CO)CCC2CC[NH2+]C(N)C2)([C@@H]2C[C@H]3CCC4=C5C([C@H](CCC6CCCCC6)C[C@@]2(C)[C@]53O)[C@]2(C)CC[C@H](O)C[C@H]2C4=O)C1. The first-order valence-electron chi connectivity index (χ1n) is 24.4. The van der Waals surface area contributed by atoms with E-state index in [1.807, 2.05) is 13.8 Å². The van der Waals surface area contributed by atoms with Gasteiger partial charge in [0.1, 0.15) is 24.0 Å². The van der Waals surface area contributed by atoms with Crippen LogP contribution in [0.2, 0.25) is 0 Å². The van der Waals surface area contributed by atoms with E-state index in [1.165, 1.54) is 38.5 Å². The molecule has 0 bridgehead atoms. The van der Waals surface area contributed by atoms with Crippen LogP contribution in [0.3, 0.4) is 0 Å². The van der Waals surface area contributed by atoms with Crippen molar-refractivity contribution in [1.29, 1.82) is 0 Å². The third kappa shape index (κ3) is 6.37. The second-order valence-electron chi connectivity index (χ2n) is 23.3. The average Bonchev–Trinajstić information content (AvgIpc) is 3.99. The second-order valence-corrected chi connectivity index (χ2v) is 23.3. The standard InChI is InChI=1S/C49H80N2O7/c1-29-18-22-57-48(26-29,43-42(58-43)47(5,55)44(2,28-52)19-15-31-17-21-51-38(50)23-31)37-24-33-13-14-35-40-39(45(3)20-16-34(53)25-36(45)41(35)54)32(27-46(37,4)49(33,40)56)12-11-30-9-7-6-8-10-30/h29-34,36-39,42-43,51-53,55-56H,6-28,50H2,1-5H3/p+1/t29-,31?,32-,33-,34+,36+,37-,38?,39?,42+,43-,44+,45-,46-,47+,48-,49-/m1/s1. The van der Waals surface area contributed by atoms with Crippen LogP contribution in [-0.2, 0) is 14.3 Å². The molecule has 8 N–H and O–H groups in total. The first-order valence-corrected chi connectivity index (χ1v) is 24.4. The van der Waals surface area contributed by atoms with Crippen LogP contribution in [0.15, 0.2) is 11.1 Å². The summed E-state index contributed by atoms with van der Waals surface area (Å²) >= 11 is 0. The van der Waals surface area contributed by atoms with E-state index in [2.05, 4.69) is 26.1 Å². The van der Waals surface area contributed by atoms with Gasteiger partial charge in [-0.1, -0.05) is 66.2 Å². The Hall–Kier alpha value is -0.910. The summed E-state index contributed by atoms with van der Waals surface area (Å²) in [4.78, 5) is 14.8. The number of piperidine rings is 1. The lowest BCUT2D eigenvalue weighted by Gasteiger charge is -2.66. The molecular weight excluding hydrogens is 729 g/mol. The van der Waals surface area contributed by atoms with Gasteiger partial charge >= 0.3 is 0 Å². The number of aliphatic hydroxyl groups is 4. The average molecular weight is 810 g/mol. The fraction of sp³-hybridized carbons (Fsp3) is 0.939. The molecular formula is C49H81N2O7+. The third-order valence-electron chi connectivity index (χ3n) is 20.1. The van der Waals surface area contributed by atoms with Gasteiger partial charge in [0.15, 0.2) is 5.78 Å². The zero-order valence-corrected chi connectivity index (χ0v) is 36.9. The highest BCUT2D eigenvalue weighted by molar-refractivity contribution is 6.00. The zero-order valence-electron chi connectivity index (χ0n) is 36.9. The highest BCUT2D eigenvalue weighted by Gasteiger charge is 2.79. The van der Waals surface area contributed by atoms with Gasteiger partial charge < -0.3 is 35.2 Å².